The van der Waals surface area contributed by atoms with Crippen LogP contribution in [0.4, 0.5) is 0 Å². The van der Waals surface area contributed by atoms with Gasteiger partial charge in [-0.1, -0.05) is 12.1 Å². The fourth-order valence-corrected chi connectivity index (χ4v) is 2.07. The molecule has 3 rings (SSSR count). The Morgan fingerprint density at radius 2 is 2.26 bits per heavy atom. The highest BCUT2D eigenvalue weighted by atomic mass is 16.4. The molecule has 1 aromatic heterocycles. The summed E-state index contributed by atoms with van der Waals surface area (Å²) in [5, 5.41) is 20.5. The topological polar surface area (TPSA) is 80.9 Å². The van der Waals surface area contributed by atoms with Crippen LogP contribution in [0, 0.1) is 0 Å². The lowest BCUT2D eigenvalue weighted by atomic mass is 10.1. The Morgan fingerprint density at radius 1 is 1.42 bits per heavy atom. The van der Waals surface area contributed by atoms with Crippen molar-refractivity contribution in [2.45, 2.75) is 31.6 Å². The van der Waals surface area contributed by atoms with Crippen LogP contribution in [0.1, 0.15) is 36.6 Å². The van der Waals surface area contributed by atoms with Crippen LogP contribution in [0.5, 0.6) is 0 Å². The van der Waals surface area contributed by atoms with E-state index in [0.29, 0.717) is 12.3 Å². The molecule has 0 atom stereocenters. The van der Waals surface area contributed by atoms with Gasteiger partial charge < -0.3 is 5.11 Å². The maximum Gasteiger partial charge on any atom is 0.303 e. The second-order valence-electron chi connectivity index (χ2n) is 4.79. The van der Waals surface area contributed by atoms with Gasteiger partial charge in [-0.05, 0) is 47.4 Å². The summed E-state index contributed by atoms with van der Waals surface area (Å²) in [6.07, 6.45) is 2.93. The van der Waals surface area contributed by atoms with E-state index < -0.39 is 5.97 Å². The minimum atomic E-state index is -0.786. The van der Waals surface area contributed by atoms with Gasteiger partial charge in [0, 0.05) is 12.3 Å². The van der Waals surface area contributed by atoms with E-state index in [1.807, 2.05) is 24.3 Å². The maximum atomic E-state index is 10.6. The number of carboxylic acids is 1. The van der Waals surface area contributed by atoms with E-state index in [2.05, 4.69) is 15.5 Å². The number of nitrogens with zero attached hydrogens (tertiary/aromatic N) is 4. The van der Waals surface area contributed by atoms with Crippen LogP contribution in [-0.4, -0.2) is 31.3 Å². The van der Waals surface area contributed by atoms with Crippen LogP contribution in [0.2, 0.25) is 0 Å². The molecule has 6 heteroatoms. The Labute approximate surface area is 110 Å². The first-order valence-electron chi connectivity index (χ1n) is 6.33. The third-order valence-electron chi connectivity index (χ3n) is 3.22. The van der Waals surface area contributed by atoms with Gasteiger partial charge in [-0.15, -0.1) is 5.10 Å². The number of tetrazole rings is 1. The van der Waals surface area contributed by atoms with Crippen LogP contribution in [0.15, 0.2) is 24.3 Å². The van der Waals surface area contributed by atoms with Gasteiger partial charge >= 0.3 is 5.97 Å². The minimum absolute atomic E-state index is 0.133. The third-order valence-corrected chi connectivity index (χ3v) is 3.22. The summed E-state index contributed by atoms with van der Waals surface area (Å²) >= 11 is 0. The molecule has 0 unspecified atom stereocenters. The van der Waals surface area contributed by atoms with Crippen molar-refractivity contribution >= 4 is 5.97 Å². The van der Waals surface area contributed by atoms with Crippen molar-refractivity contribution in [3.63, 3.8) is 0 Å². The molecule has 1 aliphatic carbocycles. The van der Waals surface area contributed by atoms with Gasteiger partial charge in [0.05, 0.1) is 5.69 Å². The SMILES string of the molecule is O=C(O)CCc1cccc(-n2nnnc2C2CC2)c1. The average molecular weight is 258 g/mol. The molecule has 0 radical (unpaired) electrons. The molecular weight excluding hydrogens is 244 g/mol. The monoisotopic (exact) mass is 258 g/mol. The molecule has 1 fully saturated rings. The Bertz CT molecular complexity index is 604. The largest absolute Gasteiger partial charge is 0.481 e. The van der Waals surface area contributed by atoms with E-state index in [9.17, 15) is 4.79 Å². The molecule has 0 aliphatic heterocycles. The van der Waals surface area contributed by atoms with E-state index in [1.54, 1.807) is 4.68 Å². The van der Waals surface area contributed by atoms with Crippen LogP contribution in [-0.2, 0) is 11.2 Å². The molecule has 1 aliphatic rings. The van der Waals surface area contributed by atoms with Crippen molar-refractivity contribution in [2.24, 2.45) is 0 Å². The zero-order valence-corrected chi connectivity index (χ0v) is 10.4. The van der Waals surface area contributed by atoms with Crippen molar-refractivity contribution in [1.82, 2.24) is 20.2 Å². The molecule has 19 heavy (non-hydrogen) atoms. The van der Waals surface area contributed by atoms with Crippen LogP contribution in [0.3, 0.4) is 0 Å². The maximum absolute atomic E-state index is 10.6. The number of hydrogen-bond acceptors (Lipinski definition) is 4. The Morgan fingerprint density at radius 3 is 3.00 bits per heavy atom. The van der Waals surface area contributed by atoms with Crippen molar-refractivity contribution in [1.29, 1.82) is 0 Å². The van der Waals surface area contributed by atoms with Gasteiger partial charge in [-0.3, -0.25) is 4.79 Å². The van der Waals surface area contributed by atoms with Gasteiger partial charge in [0.1, 0.15) is 0 Å². The standard InChI is InChI=1S/C13H14N4O2/c18-12(19)7-4-9-2-1-3-11(8-9)17-13(10-5-6-10)14-15-16-17/h1-3,8,10H,4-7H2,(H,18,19). The number of carboxylic acid groups (broad SMARTS) is 1. The lowest BCUT2D eigenvalue weighted by Crippen LogP contribution is -2.03. The number of carbonyl (C=O) groups is 1. The second kappa shape index (κ2) is 4.79. The molecule has 98 valence electrons. The smallest absolute Gasteiger partial charge is 0.303 e. The van der Waals surface area contributed by atoms with Crippen molar-refractivity contribution in [3.05, 3.63) is 35.7 Å². The Balaban J connectivity index is 1.85. The first kappa shape index (κ1) is 11.8. The number of aryl methyl sites for hydroxylation is 1. The second-order valence-corrected chi connectivity index (χ2v) is 4.79. The number of rotatable bonds is 5. The van der Waals surface area contributed by atoms with Gasteiger partial charge in [0.2, 0.25) is 0 Å². The fraction of sp³-hybridized carbons (Fsp3) is 0.385. The highest BCUT2D eigenvalue weighted by Crippen LogP contribution is 2.39. The fourth-order valence-electron chi connectivity index (χ4n) is 2.07. The average Bonchev–Trinajstić information content (AvgIpc) is 3.14. The minimum Gasteiger partial charge on any atom is -0.481 e. The molecule has 0 amide bonds. The summed E-state index contributed by atoms with van der Waals surface area (Å²) in [4.78, 5) is 10.6. The summed E-state index contributed by atoms with van der Waals surface area (Å²) in [5.41, 5.74) is 1.88. The Hall–Kier alpha value is -2.24. The van der Waals surface area contributed by atoms with E-state index >= 15 is 0 Å². The Kier molecular flexibility index (Phi) is 2.98. The highest BCUT2D eigenvalue weighted by Gasteiger charge is 2.29. The lowest BCUT2D eigenvalue weighted by Gasteiger charge is -2.05. The van der Waals surface area contributed by atoms with Gasteiger partial charge in [-0.25, -0.2) is 0 Å². The third kappa shape index (κ3) is 2.62. The van der Waals surface area contributed by atoms with E-state index in [0.717, 1.165) is 29.9 Å². The van der Waals surface area contributed by atoms with Crippen molar-refractivity contribution in [3.8, 4) is 5.69 Å². The zero-order valence-electron chi connectivity index (χ0n) is 10.4. The molecule has 0 saturated heterocycles. The first-order valence-corrected chi connectivity index (χ1v) is 6.33. The van der Waals surface area contributed by atoms with E-state index in [4.69, 9.17) is 5.11 Å². The predicted molar refractivity (Wildman–Crippen MR) is 67.1 cm³/mol. The molecule has 2 aromatic rings. The molecular formula is C13H14N4O2. The van der Waals surface area contributed by atoms with Gasteiger partial charge in [0.15, 0.2) is 5.82 Å². The van der Waals surface area contributed by atoms with Crippen molar-refractivity contribution < 1.29 is 9.90 Å². The molecule has 1 saturated carbocycles. The molecule has 1 N–H and O–H groups in total. The predicted octanol–water partition coefficient (Wildman–Crippen LogP) is 1.56. The normalized spacial score (nSPS) is 14.5. The molecule has 6 nitrogen and oxygen atoms in total. The van der Waals surface area contributed by atoms with Crippen LogP contribution >= 0.6 is 0 Å². The highest BCUT2D eigenvalue weighted by molar-refractivity contribution is 5.67. The number of aliphatic carboxylic acids is 1. The number of aromatic nitrogens is 4. The van der Waals surface area contributed by atoms with Gasteiger partial charge in [-0.2, -0.15) is 4.68 Å². The number of benzene rings is 1. The summed E-state index contributed by atoms with van der Waals surface area (Å²) < 4.78 is 1.75. The zero-order chi connectivity index (χ0) is 13.2. The summed E-state index contributed by atoms with van der Waals surface area (Å²) in [7, 11) is 0. The first-order chi connectivity index (χ1) is 9.24. The van der Waals surface area contributed by atoms with E-state index in [1.165, 1.54) is 0 Å². The summed E-state index contributed by atoms with van der Waals surface area (Å²) in [6, 6.07) is 7.72. The molecule has 0 spiro atoms. The quantitative estimate of drug-likeness (QED) is 0.880. The summed E-state index contributed by atoms with van der Waals surface area (Å²) in [5.74, 6) is 0.583. The molecule has 1 heterocycles. The number of hydrogen-bond donors (Lipinski definition) is 1. The van der Waals surface area contributed by atoms with Crippen LogP contribution in [0.25, 0.3) is 5.69 Å². The summed E-state index contributed by atoms with van der Waals surface area (Å²) in [6.45, 7) is 0. The lowest BCUT2D eigenvalue weighted by molar-refractivity contribution is -0.136. The van der Waals surface area contributed by atoms with E-state index in [-0.39, 0.29) is 6.42 Å². The molecule has 1 aromatic carbocycles. The van der Waals surface area contributed by atoms with Crippen molar-refractivity contribution in [2.75, 3.05) is 0 Å². The van der Waals surface area contributed by atoms with Crippen LogP contribution < -0.4 is 0 Å². The van der Waals surface area contributed by atoms with Gasteiger partial charge in [0.25, 0.3) is 0 Å². The molecule has 0 bridgehead atoms.